The number of nitrogens with zero attached hydrogens (tertiary/aromatic N) is 5. The van der Waals surface area contributed by atoms with Crippen molar-refractivity contribution in [1.82, 2.24) is 14.9 Å². The van der Waals surface area contributed by atoms with E-state index in [1.807, 2.05) is 11.9 Å². The Kier molecular flexibility index (Phi) is 5.53. The fourth-order valence-corrected chi connectivity index (χ4v) is 3.32. The van der Waals surface area contributed by atoms with Crippen LogP contribution in [0.1, 0.15) is 12.8 Å². The van der Waals surface area contributed by atoms with Crippen LogP contribution in [0.3, 0.4) is 0 Å². The lowest BCUT2D eigenvalue weighted by Gasteiger charge is -2.35. The lowest BCUT2D eigenvalue weighted by molar-refractivity contribution is -0.383. The van der Waals surface area contributed by atoms with Crippen molar-refractivity contribution in [3.8, 4) is 0 Å². The zero-order valence-corrected chi connectivity index (χ0v) is 15.5. The van der Waals surface area contributed by atoms with Crippen LogP contribution in [0.15, 0.2) is 30.6 Å². The molecule has 1 aromatic carbocycles. The first-order valence-electron chi connectivity index (χ1n) is 8.39. The van der Waals surface area contributed by atoms with E-state index < -0.39 is 4.92 Å². The summed E-state index contributed by atoms with van der Waals surface area (Å²) in [7, 11) is 3.93. The Hall–Kier alpha value is -2.45. The number of para-hydroxylation sites is 1. The van der Waals surface area contributed by atoms with E-state index in [9.17, 15) is 10.1 Å². The lowest BCUT2D eigenvalue weighted by atomic mass is 10.0. The molecule has 0 atom stereocenters. The summed E-state index contributed by atoms with van der Waals surface area (Å²) in [5.41, 5.74) is 0.415. The maximum absolute atomic E-state index is 11.8. The molecule has 1 saturated heterocycles. The standard InChI is InChI=1S/C17H21ClN6O2/c1-22-9-7-12(8-10-22)23(2)17-15(24(25)26)16(19-11-20-17)21-14-6-4-3-5-13(14)18/h3-6,11-12H,7-10H2,1-2H3,(H,19,20,21). The summed E-state index contributed by atoms with van der Waals surface area (Å²) < 4.78 is 0. The number of benzene rings is 1. The maximum atomic E-state index is 11.8. The Morgan fingerprint density at radius 2 is 2.00 bits per heavy atom. The average Bonchev–Trinajstić information content (AvgIpc) is 2.63. The molecule has 0 bridgehead atoms. The highest BCUT2D eigenvalue weighted by molar-refractivity contribution is 6.33. The first-order chi connectivity index (χ1) is 12.5. The molecule has 2 aromatic rings. The minimum absolute atomic E-state index is 0.132. The van der Waals surface area contributed by atoms with Crippen LogP contribution in [0.5, 0.6) is 0 Å². The smallest absolute Gasteiger partial charge is 0.351 e. The summed E-state index contributed by atoms with van der Waals surface area (Å²) >= 11 is 6.15. The maximum Gasteiger partial charge on any atom is 0.353 e. The molecule has 138 valence electrons. The summed E-state index contributed by atoms with van der Waals surface area (Å²) in [4.78, 5) is 23.8. The second-order valence-electron chi connectivity index (χ2n) is 6.40. The van der Waals surface area contributed by atoms with Gasteiger partial charge in [-0.05, 0) is 45.1 Å². The summed E-state index contributed by atoms with van der Waals surface area (Å²) in [5, 5.41) is 15.2. The van der Waals surface area contributed by atoms with Gasteiger partial charge in [0.1, 0.15) is 6.33 Å². The average molecular weight is 377 g/mol. The van der Waals surface area contributed by atoms with E-state index in [4.69, 9.17) is 11.6 Å². The van der Waals surface area contributed by atoms with Gasteiger partial charge in [-0.15, -0.1) is 0 Å². The SMILES string of the molecule is CN1CCC(N(C)c2ncnc(Nc3ccccc3Cl)c2[N+](=O)[O-])CC1. The van der Waals surface area contributed by atoms with Gasteiger partial charge in [0, 0.05) is 13.1 Å². The predicted octanol–water partition coefficient (Wildman–Crippen LogP) is 3.31. The Balaban J connectivity index is 1.93. The van der Waals surface area contributed by atoms with Gasteiger partial charge in [0.15, 0.2) is 0 Å². The third-order valence-electron chi connectivity index (χ3n) is 4.68. The molecule has 2 heterocycles. The third-order valence-corrected chi connectivity index (χ3v) is 5.01. The van der Waals surface area contributed by atoms with Gasteiger partial charge in [0.25, 0.3) is 0 Å². The lowest BCUT2D eigenvalue weighted by Crippen LogP contribution is -2.42. The number of aromatic nitrogens is 2. The molecule has 1 fully saturated rings. The molecule has 8 nitrogen and oxygen atoms in total. The van der Waals surface area contributed by atoms with Crippen molar-refractivity contribution in [3.05, 3.63) is 45.7 Å². The fourth-order valence-electron chi connectivity index (χ4n) is 3.13. The van der Waals surface area contributed by atoms with Gasteiger partial charge in [-0.3, -0.25) is 10.1 Å². The molecule has 1 N–H and O–H groups in total. The van der Waals surface area contributed by atoms with Crippen LogP contribution in [0.25, 0.3) is 0 Å². The quantitative estimate of drug-likeness (QED) is 0.632. The second-order valence-corrected chi connectivity index (χ2v) is 6.81. The number of nitrogens with one attached hydrogen (secondary N) is 1. The summed E-state index contributed by atoms with van der Waals surface area (Å²) in [6.07, 6.45) is 3.20. The third kappa shape index (κ3) is 3.86. The highest BCUT2D eigenvalue weighted by Gasteiger charge is 2.30. The largest absolute Gasteiger partial charge is 0.353 e. The molecule has 0 unspecified atom stereocenters. The molecular formula is C17H21ClN6O2. The number of likely N-dealkylation sites (tertiary alicyclic amines) is 1. The van der Waals surface area contributed by atoms with Crippen LogP contribution in [0.4, 0.5) is 23.0 Å². The number of anilines is 3. The molecular weight excluding hydrogens is 356 g/mol. The highest BCUT2D eigenvalue weighted by Crippen LogP contribution is 2.36. The Morgan fingerprint density at radius 3 is 2.65 bits per heavy atom. The number of hydrogen-bond donors (Lipinski definition) is 1. The topological polar surface area (TPSA) is 87.4 Å². The van der Waals surface area contributed by atoms with Crippen molar-refractivity contribution in [2.45, 2.75) is 18.9 Å². The van der Waals surface area contributed by atoms with Crippen molar-refractivity contribution < 1.29 is 4.92 Å². The Labute approximate surface area is 157 Å². The van der Waals surface area contributed by atoms with Crippen LogP contribution < -0.4 is 10.2 Å². The van der Waals surface area contributed by atoms with E-state index in [2.05, 4.69) is 27.2 Å². The van der Waals surface area contributed by atoms with Crippen LogP contribution in [0, 0.1) is 10.1 Å². The van der Waals surface area contributed by atoms with Gasteiger partial charge in [-0.2, -0.15) is 0 Å². The minimum atomic E-state index is -0.444. The van der Waals surface area contributed by atoms with E-state index in [0.717, 1.165) is 25.9 Å². The molecule has 0 aliphatic carbocycles. The highest BCUT2D eigenvalue weighted by atomic mass is 35.5. The summed E-state index contributed by atoms with van der Waals surface area (Å²) in [6.45, 7) is 1.91. The van der Waals surface area contributed by atoms with Crippen LogP contribution in [0.2, 0.25) is 5.02 Å². The summed E-state index contributed by atoms with van der Waals surface area (Å²) in [6, 6.07) is 7.25. The first kappa shape index (κ1) is 18.3. The van der Waals surface area contributed by atoms with Crippen molar-refractivity contribution >= 4 is 34.6 Å². The zero-order chi connectivity index (χ0) is 18.7. The van der Waals surface area contributed by atoms with Crippen molar-refractivity contribution in [3.63, 3.8) is 0 Å². The normalized spacial score (nSPS) is 15.7. The van der Waals surface area contributed by atoms with Gasteiger partial charge in [0.2, 0.25) is 11.6 Å². The number of hydrogen-bond acceptors (Lipinski definition) is 7. The molecule has 0 spiro atoms. The van der Waals surface area contributed by atoms with E-state index >= 15 is 0 Å². The van der Waals surface area contributed by atoms with Crippen LogP contribution in [-0.2, 0) is 0 Å². The molecule has 0 radical (unpaired) electrons. The number of nitro groups is 1. The molecule has 26 heavy (non-hydrogen) atoms. The van der Waals surface area contributed by atoms with E-state index in [0.29, 0.717) is 16.5 Å². The molecule has 9 heteroatoms. The fraction of sp³-hybridized carbons (Fsp3) is 0.412. The molecule has 1 aromatic heterocycles. The predicted molar refractivity (Wildman–Crippen MR) is 102 cm³/mol. The summed E-state index contributed by atoms with van der Waals surface area (Å²) in [5.74, 6) is 0.446. The van der Waals surface area contributed by atoms with Gasteiger partial charge >= 0.3 is 5.69 Å². The van der Waals surface area contributed by atoms with Crippen molar-refractivity contribution in [2.75, 3.05) is 37.4 Å². The molecule has 1 aliphatic rings. The van der Waals surface area contributed by atoms with Crippen LogP contribution in [-0.4, -0.2) is 53.0 Å². The monoisotopic (exact) mass is 376 g/mol. The molecule has 3 rings (SSSR count). The Morgan fingerprint density at radius 1 is 1.31 bits per heavy atom. The zero-order valence-electron chi connectivity index (χ0n) is 14.7. The van der Waals surface area contributed by atoms with Gasteiger partial charge in [0.05, 0.1) is 15.6 Å². The first-order valence-corrected chi connectivity index (χ1v) is 8.77. The van der Waals surface area contributed by atoms with E-state index in [-0.39, 0.29) is 17.5 Å². The van der Waals surface area contributed by atoms with E-state index in [1.54, 1.807) is 24.3 Å². The number of halogens is 1. The van der Waals surface area contributed by atoms with E-state index in [1.165, 1.54) is 6.33 Å². The van der Waals surface area contributed by atoms with Crippen LogP contribution >= 0.6 is 11.6 Å². The van der Waals surface area contributed by atoms with Crippen molar-refractivity contribution in [2.24, 2.45) is 0 Å². The van der Waals surface area contributed by atoms with Gasteiger partial charge in [-0.25, -0.2) is 9.97 Å². The number of rotatable bonds is 5. The number of piperidine rings is 1. The van der Waals surface area contributed by atoms with Gasteiger partial charge in [-0.1, -0.05) is 23.7 Å². The molecule has 0 amide bonds. The molecule has 1 aliphatic heterocycles. The second kappa shape index (κ2) is 7.84. The Bertz CT molecular complexity index is 795. The van der Waals surface area contributed by atoms with Gasteiger partial charge < -0.3 is 15.1 Å². The minimum Gasteiger partial charge on any atom is -0.351 e. The molecule has 0 saturated carbocycles. The van der Waals surface area contributed by atoms with Crippen molar-refractivity contribution in [1.29, 1.82) is 0 Å².